The summed E-state index contributed by atoms with van der Waals surface area (Å²) in [6.45, 7) is 0.674. The minimum Gasteiger partial charge on any atom is -0.416 e. The van der Waals surface area contributed by atoms with Gasteiger partial charge < -0.3 is 4.42 Å². The van der Waals surface area contributed by atoms with Crippen molar-refractivity contribution in [1.82, 2.24) is 4.98 Å². The molecule has 0 spiro atoms. The topological polar surface area (TPSA) is 46.0 Å². The van der Waals surface area contributed by atoms with Crippen molar-refractivity contribution >= 4 is 0 Å². The Labute approximate surface area is 54.7 Å². The standard InChI is InChI=1S/C5H5F2NO2/c1-5(6,7)3-2-10-4(9)8-3/h2H,1H3,(H,8,9). The van der Waals surface area contributed by atoms with Crippen molar-refractivity contribution in [3.63, 3.8) is 0 Å². The van der Waals surface area contributed by atoms with Gasteiger partial charge in [0.2, 0.25) is 0 Å². The molecule has 1 rings (SSSR count). The third-order valence-corrected chi connectivity index (χ3v) is 0.993. The molecule has 0 aliphatic rings. The molecular formula is C5H5F2NO2. The summed E-state index contributed by atoms with van der Waals surface area (Å²) < 4.78 is 28.6. The third kappa shape index (κ3) is 1.23. The van der Waals surface area contributed by atoms with E-state index in [1.807, 2.05) is 4.98 Å². The van der Waals surface area contributed by atoms with Crippen LogP contribution in [0.2, 0.25) is 0 Å². The normalized spacial score (nSPS) is 11.9. The van der Waals surface area contributed by atoms with Crippen LogP contribution >= 0.6 is 0 Å². The molecule has 3 nitrogen and oxygen atoms in total. The van der Waals surface area contributed by atoms with Gasteiger partial charge in [0, 0.05) is 6.92 Å². The Hall–Kier alpha value is -1.13. The first-order valence-corrected chi connectivity index (χ1v) is 2.56. The lowest BCUT2D eigenvalue weighted by atomic mass is 10.3. The van der Waals surface area contributed by atoms with Gasteiger partial charge in [-0.25, -0.2) is 4.79 Å². The number of alkyl halides is 2. The molecule has 0 unspecified atom stereocenters. The Kier molecular flexibility index (Phi) is 1.35. The summed E-state index contributed by atoms with van der Waals surface area (Å²) in [6.07, 6.45) is 0.711. The highest BCUT2D eigenvalue weighted by atomic mass is 19.3. The summed E-state index contributed by atoms with van der Waals surface area (Å²) in [5, 5.41) is 0. The Balaban J connectivity index is 3.07. The third-order valence-electron chi connectivity index (χ3n) is 0.993. The highest BCUT2D eigenvalue weighted by Gasteiger charge is 2.26. The van der Waals surface area contributed by atoms with Crippen LogP contribution in [0.25, 0.3) is 0 Å². The molecule has 0 aromatic carbocycles. The molecule has 0 aliphatic carbocycles. The maximum absolute atomic E-state index is 12.2. The lowest BCUT2D eigenvalue weighted by molar-refractivity contribution is 0.0126. The molecule has 1 aromatic rings. The molecular weight excluding hydrogens is 144 g/mol. The van der Waals surface area contributed by atoms with E-state index in [1.54, 1.807) is 0 Å². The van der Waals surface area contributed by atoms with Crippen LogP contribution in [0.3, 0.4) is 0 Å². The van der Waals surface area contributed by atoms with Crippen LogP contribution in [-0.4, -0.2) is 4.98 Å². The number of rotatable bonds is 1. The lowest BCUT2D eigenvalue weighted by Gasteiger charge is -2.03. The van der Waals surface area contributed by atoms with Gasteiger partial charge in [0.25, 0.3) is 5.92 Å². The van der Waals surface area contributed by atoms with Crippen LogP contribution in [0.5, 0.6) is 0 Å². The van der Waals surface area contributed by atoms with E-state index in [-0.39, 0.29) is 0 Å². The van der Waals surface area contributed by atoms with Crippen molar-refractivity contribution in [2.75, 3.05) is 0 Å². The zero-order chi connectivity index (χ0) is 7.78. The Morgan fingerprint density at radius 3 is 2.50 bits per heavy atom. The molecule has 10 heavy (non-hydrogen) atoms. The van der Waals surface area contributed by atoms with Crippen LogP contribution in [0.1, 0.15) is 12.6 Å². The highest BCUT2D eigenvalue weighted by molar-refractivity contribution is 4.98. The van der Waals surface area contributed by atoms with Gasteiger partial charge in [-0.15, -0.1) is 0 Å². The Morgan fingerprint density at radius 1 is 1.70 bits per heavy atom. The minimum absolute atomic E-state index is 0.502. The van der Waals surface area contributed by atoms with Crippen LogP contribution < -0.4 is 5.76 Å². The Bertz CT molecular complexity index is 270. The minimum atomic E-state index is -3.04. The number of hydrogen-bond acceptors (Lipinski definition) is 2. The van der Waals surface area contributed by atoms with E-state index in [2.05, 4.69) is 4.42 Å². The predicted octanol–water partition coefficient (Wildman–Crippen LogP) is 1.08. The van der Waals surface area contributed by atoms with Gasteiger partial charge in [-0.2, -0.15) is 8.78 Å². The molecule has 0 aliphatic heterocycles. The van der Waals surface area contributed by atoms with E-state index in [0.29, 0.717) is 13.2 Å². The molecule has 0 atom stereocenters. The van der Waals surface area contributed by atoms with Gasteiger partial charge in [-0.05, 0) is 0 Å². The van der Waals surface area contributed by atoms with E-state index in [1.165, 1.54) is 0 Å². The van der Waals surface area contributed by atoms with Crippen LogP contribution in [-0.2, 0) is 5.92 Å². The summed E-state index contributed by atoms with van der Waals surface area (Å²) >= 11 is 0. The predicted molar refractivity (Wildman–Crippen MR) is 28.9 cm³/mol. The highest BCUT2D eigenvalue weighted by Crippen LogP contribution is 2.23. The SMILES string of the molecule is CC(F)(F)c1coc(=O)[nH]1. The summed E-state index contributed by atoms with van der Waals surface area (Å²) in [5.41, 5.74) is -0.502. The molecule has 1 heterocycles. The van der Waals surface area contributed by atoms with E-state index in [9.17, 15) is 13.6 Å². The average Bonchev–Trinajstić information content (AvgIpc) is 2.11. The van der Waals surface area contributed by atoms with Crippen molar-refractivity contribution in [1.29, 1.82) is 0 Å². The fourth-order valence-corrected chi connectivity index (χ4v) is 0.495. The van der Waals surface area contributed by atoms with Crippen molar-refractivity contribution < 1.29 is 13.2 Å². The van der Waals surface area contributed by atoms with E-state index < -0.39 is 17.4 Å². The molecule has 0 saturated heterocycles. The van der Waals surface area contributed by atoms with Gasteiger partial charge in [0.1, 0.15) is 12.0 Å². The number of oxazole rings is 1. The van der Waals surface area contributed by atoms with Gasteiger partial charge in [-0.1, -0.05) is 0 Å². The fraction of sp³-hybridized carbons (Fsp3) is 0.400. The maximum Gasteiger partial charge on any atom is 0.416 e. The molecule has 0 saturated carbocycles. The summed E-state index contributed by atoms with van der Waals surface area (Å²) in [4.78, 5) is 12.0. The average molecular weight is 149 g/mol. The molecule has 5 heteroatoms. The van der Waals surface area contributed by atoms with Crippen molar-refractivity contribution in [2.24, 2.45) is 0 Å². The summed E-state index contributed by atoms with van der Waals surface area (Å²) in [7, 11) is 0. The van der Waals surface area contributed by atoms with Crippen LogP contribution in [0, 0.1) is 0 Å². The van der Waals surface area contributed by atoms with Gasteiger partial charge >= 0.3 is 5.76 Å². The fourth-order valence-electron chi connectivity index (χ4n) is 0.495. The monoisotopic (exact) mass is 149 g/mol. The second-order valence-electron chi connectivity index (χ2n) is 1.95. The molecule has 1 aromatic heterocycles. The van der Waals surface area contributed by atoms with Crippen LogP contribution in [0.15, 0.2) is 15.5 Å². The quantitative estimate of drug-likeness (QED) is 0.649. The molecule has 0 radical (unpaired) electrons. The first kappa shape index (κ1) is 6.98. The lowest BCUT2D eigenvalue weighted by Crippen LogP contribution is -2.09. The first-order chi connectivity index (χ1) is 4.50. The zero-order valence-electron chi connectivity index (χ0n) is 5.15. The molecule has 56 valence electrons. The van der Waals surface area contributed by atoms with Crippen molar-refractivity contribution in [3.8, 4) is 0 Å². The summed E-state index contributed by atoms with van der Waals surface area (Å²) in [5.74, 6) is -3.90. The number of nitrogens with one attached hydrogen (secondary N) is 1. The molecule has 0 amide bonds. The van der Waals surface area contributed by atoms with Gasteiger partial charge in [-0.3, -0.25) is 4.98 Å². The van der Waals surface area contributed by atoms with Crippen LogP contribution in [0.4, 0.5) is 8.78 Å². The number of aromatic amines is 1. The van der Waals surface area contributed by atoms with E-state index in [0.717, 1.165) is 0 Å². The number of hydrogen-bond donors (Lipinski definition) is 1. The number of aromatic nitrogens is 1. The molecule has 1 N–H and O–H groups in total. The molecule has 0 fully saturated rings. The zero-order valence-corrected chi connectivity index (χ0v) is 5.15. The largest absolute Gasteiger partial charge is 0.416 e. The van der Waals surface area contributed by atoms with Gasteiger partial charge in [0.15, 0.2) is 0 Å². The van der Waals surface area contributed by atoms with Crippen molar-refractivity contribution in [2.45, 2.75) is 12.8 Å². The first-order valence-electron chi connectivity index (χ1n) is 2.56. The maximum atomic E-state index is 12.2. The van der Waals surface area contributed by atoms with E-state index in [4.69, 9.17) is 0 Å². The smallest absolute Gasteiger partial charge is 0.416 e. The second kappa shape index (κ2) is 1.93. The van der Waals surface area contributed by atoms with Crippen molar-refractivity contribution in [3.05, 3.63) is 22.5 Å². The second-order valence-corrected chi connectivity index (χ2v) is 1.95. The van der Waals surface area contributed by atoms with E-state index >= 15 is 0 Å². The number of H-pyrrole nitrogens is 1. The van der Waals surface area contributed by atoms with Gasteiger partial charge in [0.05, 0.1) is 0 Å². The molecule has 0 bridgehead atoms. The summed E-state index contributed by atoms with van der Waals surface area (Å²) in [6, 6.07) is 0. The Morgan fingerprint density at radius 2 is 2.30 bits per heavy atom. The number of halogens is 2.